The maximum absolute atomic E-state index is 14.0. The van der Waals surface area contributed by atoms with Gasteiger partial charge in [-0.05, 0) is 92.9 Å². The fourth-order valence-electron chi connectivity index (χ4n) is 5.04. The lowest BCUT2D eigenvalue weighted by atomic mass is 9.83. The van der Waals surface area contributed by atoms with Crippen LogP contribution in [0.2, 0.25) is 0 Å². The second kappa shape index (κ2) is 9.95. The van der Waals surface area contributed by atoms with E-state index in [1.807, 2.05) is 47.0 Å². The number of aromatic nitrogens is 1. The Morgan fingerprint density at radius 1 is 1.08 bits per heavy atom. The van der Waals surface area contributed by atoms with Gasteiger partial charge in [0, 0.05) is 21.6 Å². The summed E-state index contributed by atoms with van der Waals surface area (Å²) in [4.78, 5) is 31.5. The topological polar surface area (TPSA) is 60.7 Å². The van der Waals surface area contributed by atoms with Crippen molar-refractivity contribution in [1.82, 2.24) is 4.57 Å². The molecule has 37 heavy (non-hydrogen) atoms. The molecule has 4 aromatic rings. The van der Waals surface area contributed by atoms with Gasteiger partial charge in [0.15, 0.2) is 10.6 Å². The molecule has 2 aliphatic rings. The summed E-state index contributed by atoms with van der Waals surface area (Å²) in [5, 5.41) is 0. The van der Waals surface area contributed by atoms with Gasteiger partial charge in [0.05, 0.1) is 19.8 Å². The quantitative estimate of drug-likeness (QED) is 0.160. The Balaban J connectivity index is 1.62. The fraction of sp³-hybridized carbons (Fsp3) is 0.138. The molecule has 1 atom stereocenters. The normalized spacial score (nSPS) is 16.5. The van der Waals surface area contributed by atoms with Gasteiger partial charge in [-0.1, -0.05) is 65.9 Å². The molecular weight excluding hydrogens is 710 g/mol. The van der Waals surface area contributed by atoms with Gasteiger partial charge in [0.1, 0.15) is 0 Å². The molecule has 0 amide bonds. The molecule has 1 aromatic heterocycles. The molecule has 0 unspecified atom stereocenters. The van der Waals surface area contributed by atoms with E-state index in [0.717, 1.165) is 36.8 Å². The number of benzene rings is 3. The van der Waals surface area contributed by atoms with Crippen LogP contribution >= 0.6 is 56.5 Å². The van der Waals surface area contributed by atoms with Crippen molar-refractivity contribution in [2.45, 2.75) is 25.8 Å². The van der Waals surface area contributed by atoms with Crippen molar-refractivity contribution in [3.63, 3.8) is 0 Å². The summed E-state index contributed by atoms with van der Waals surface area (Å²) in [6, 6.07) is 22.3. The van der Waals surface area contributed by atoms with Gasteiger partial charge >= 0.3 is 5.97 Å². The Morgan fingerprint density at radius 2 is 1.84 bits per heavy atom. The number of allylic oxidation sites excluding steroid dienone is 1. The van der Waals surface area contributed by atoms with Gasteiger partial charge in [-0.3, -0.25) is 14.2 Å². The smallest absolute Gasteiger partial charge is 0.308 e. The molecule has 0 saturated heterocycles. The number of thiazole rings is 1. The van der Waals surface area contributed by atoms with E-state index in [4.69, 9.17) is 9.73 Å². The minimum absolute atomic E-state index is 0.0920. The van der Waals surface area contributed by atoms with Crippen LogP contribution in [0.5, 0.6) is 5.75 Å². The van der Waals surface area contributed by atoms with Crippen LogP contribution in [-0.4, -0.2) is 10.5 Å². The van der Waals surface area contributed by atoms with E-state index in [0.29, 0.717) is 20.6 Å². The zero-order valence-electron chi connectivity index (χ0n) is 19.7. The predicted molar refractivity (Wildman–Crippen MR) is 162 cm³/mol. The Labute approximate surface area is 244 Å². The van der Waals surface area contributed by atoms with E-state index in [-0.39, 0.29) is 11.6 Å². The van der Waals surface area contributed by atoms with Crippen LogP contribution < -0.4 is 19.6 Å². The van der Waals surface area contributed by atoms with Crippen LogP contribution in [0.25, 0.3) is 11.8 Å². The lowest BCUT2D eigenvalue weighted by Crippen LogP contribution is -2.38. The molecule has 5 nitrogen and oxygen atoms in total. The molecule has 0 saturated carbocycles. The van der Waals surface area contributed by atoms with Crippen LogP contribution in [0.1, 0.15) is 41.6 Å². The summed E-state index contributed by atoms with van der Waals surface area (Å²) < 4.78 is 9.73. The highest BCUT2D eigenvalue weighted by Crippen LogP contribution is 2.41. The molecule has 0 spiro atoms. The number of rotatable bonds is 3. The van der Waals surface area contributed by atoms with Gasteiger partial charge in [-0.15, -0.1) is 0 Å². The summed E-state index contributed by atoms with van der Waals surface area (Å²) in [5.74, 6) is 0.0674. The number of halogens is 2. The number of fused-ring (bicyclic) bond motifs is 3. The highest BCUT2D eigenvalue weighted by atomic mass is 127. The first-order chi connectivity index (χ1) is 17.9. The zero-order valence-corrected chi connectivity index (χ0v) is 24.8. The minimum Gasteiger partial charge on any atom is -0.425 e. The van der Waals surface area contributed by atoms with Crippen molar-refractivity contribution in [3.05, 3.63) is 121 Å². The monoisotopic (exact) mass is 730 g/mol. The van der Waals surface area contributed by atoms with E-state index in [1.54, 1.807) is 0 Å². The third-order valence-electron chi connectivity index (χ3n) is 6.56. The molecule has 1 aliphatic heterocycles. The largest absolute Gasteiger partial charge is 0.425 e. The van der Waals surface area contributed by atoms with Gasteiger partial charge < -0.3 is 4.74 Å². The SMILES string of the molecule is CC(=O)Oc1c(I)cc(I)cc1/C=c1/sc2n(c1=O)[C@@H](c1ccccc1)C1=C(N=2)c2ccccc2CC1. The average Bonchev–Trinajstić information content (AvgIpc) is 3.19. The number of hydrogen-bond donors (Lipinski definition) is 0. The van der Waals surface area contributed by atoms with Crippen molar-refractivity contribution in [2.24, 2.45) is 4.99 Å². The van der Waals surface area contributed by atoms with Crippen molar-refractivity contribution in [2.75, 3.05) is 0 Å². The van der Waals surface area contributed by atoms with Gasteiger partial charge in [-0.2, -0.15) is 0 Å². The third-order valence-corrected chi connectivity index (χ3v) is 8.96. The zero-order chi connectivity index (χ0) is 25.7. The Bertz CT molecular complexity index is 1790. The average molecular weight is 730 g/mol. The maximum atomic E-state index is 14.0. The van der Waals surface area contributed by atoms with Crippen LogP contribution in [0.4, 0.5) is 0 Å². The molecule has 0 fully saturated rings. The number of nitrogens with zero attached hydrogens (tertiary/aromatic N) is 2. The number of ether oxygens (including phenoxy) is 1. The molecule has 3 aromatic carbocycles. The molecule has 0 N–H and O–H groups in total. The highest BCUT2D eigenvalue weighted by molar-refractivity contribution is 14.1. The van der Waals surface area contributed by atoms with Gasteiger partial charge in [0.2, 0.25) is 0 Å². The first-order valence-electron chi connectivity index (χ1n) is 11.8. The lowest BCUT2D eigenvalue weighted by Gasteiger charge is -2.30. The summed E-state index contributed by atoms with van der Waals surface area (Å²) >= 11 is 5.77. The van der Waals surface area contributed by atoms with E-state index in [2.05, 4.69) is 75.5 Å². The van der Waals surface area contributed by atoms with Crippen LogP contribution in [-0.2, 0) is 11.2 Å². The minimum atomic E-state index is -0.398. The van der Waals surface area contributed by atoms with Crippen molar-refractivity contribution < 1.29 is 9.53 Å². The summed E-state index contributed by atoms with van der Waals surface area (Å²) in [5.41, 5.74) is 6.26. The van der Waals surface area contributed by atoms with Crippen LogP contribution in [0, 0.1) is 7.14 Å². The molecule has 6 rings (SSSR count). The Kier molecular flexibility index (Phi) is 6.66. The second-order valence-electron chi connectivity index (χ2n) is 8.92. The molecule has 2 heterocycles. The van der Waals surface area contributed by atoms with Crippen molar-refractivity contribution in [3.8, 4) is 5.75 Å². The number of carbonyl (C=O) groups is 1. The van der Waals surface area contributed by atoms with Crippen LogP contribution in [0.15, 0.2) is 82.1 Å². The van der Waals surface area contributed by atoms with E-state index in [1.165, 1.54) is 29.4 Å². The van der Waals surface area contributed by atoms with Gasteiger partial charge in [-0.25, -0.2) is 4.99 Å². The summed E-state index contributed by atoms with van der Waals surface area (Å²) in [7, 11) is 0. The highest BCUT2D eigenvalue weighted by Gasteiger charge is 2.32. The predicted octanol–water partition coefficient (Wildman–Crippen LogP) is 5.45. The second-order valence-corrected chi connectivity index (χ2v) is 12.3. The molecule has 0 bridgehead atoms. The number of carbonyl (C=O) groups excluding carboxylic acids is 1. The fourth-order valence-corrected chi connectivity index (χ4v) is 8.03. The summed E-state index contributed by atoms with van der Waals surface area (Å²) in [6.07, 6.45) is 3.60. The number of aryl methyl sites for hydroxylation is 1. The molecular formula is C29H20I2N2O3S. The first-order valence-corrected chi connectivity index (χ1v) is 14.7. The Morgan fingerprint density at radius 3 is 2.62 bits per heavy atom. The van der Waals surface area contributed by atoms with E-state index in [9.17, 15) is 9.59 Å². The molecule has 184 valence electrons. The number of esters is 1. The summed E-state index contributed by atoms with van der Waals surface area (Å²) in [6.45, 7) is 1.38. The molecule has 1 aliphatic carbocycles. The number of hydrogen-bond acceptors (Lipinski definition) is 5. The van der Waals surface area contributed by atoms with Crippen molar-refractivity contribution >= 4 is 74.3 Å². The first kappa shape index (κ1) is 24.7. The third kappa shape index (κ3) is 4.52. The molecule has 8 heteroatoms. The lowest BCUT2D eigenvalue weighted by molar-refractivity contribution is -0.131. The maximum Gasteiger partial charge on any atom is 0.308 e. The van der Waals surface area contributed by atoms with Crippen molar-refractivity contribution in [1.29, 1.82) is 0 Å². The molecule has 0 radical (unpaired) electrons. The van der Waals surface area contributed by atoms with E-state index >= 15 is 0 Å². The Hall–Kier alpha value is -2.57. The van der Waals surface area contributed by atoms with Crippen LogP contribution in [0.3, 0.4) is 0 Å². The standard InChI is InChI=1S/C29H20I2N2O3S/c1-16(34)36-27-19(13-20(30)15-23(27)31)14-24-28(35)33-26(18-8-3-2-4-9-18)22-12-11-17-7-5-6-10-21(17)25(22)32-29(33)37-24/h2-10,13-15,26H,11-12H2,1H3/b24-14+/t26-/m0/s1. The van der Waals surface area contributed by atoms with E-state index < -0.39 is 5.97 Å². The van der Waals surface area contributed by atoms with Gasteiger partial charge in [0.25, 0.3) is 5.56 Å².